The molecule has 4 heteroatoms. The first-order valence-electron chi connectivity index (χ1n) is 5.51. The Bertz CT molecular complexity index is 322. The molecule has 0 bridgehead atoms. The van der Waals surface area contributed by atoms with Gasteiger partial charge in [0.2, 0.25) is 5.91 Å². The second-order valence-corrected chi connectivity index (χ2v) is 3.69. The van der Waals surface area contributed by atoms with Crippen LogP contribution in [0.25, 0.3) is 0 Å². The Morgan fingerprint density at radius 1 is 1.19 bits per heavy atom. The van der Waals surface area contributed by atoms with Crippen molar-refractivity contribution in [2.24, 2.45) is 5.73 Å². The first-order valence-corrected chi connectivity index (χ1v) is 5.51. The summed E-state index contributed by atoms with van der Waals surface area (Å²) in [6.45, 7) is 0.680. The number of amides is 1. The average molecular weight is 222 g/mol. The number of carbonyl (C=O) groups is 1. The molecular weight excluding hydrogens is 204 g/mol. The summed E-state index contributed by atoms with van der Waals surface area (Å²) in [5.41, 5.74) is 6.07. The molecule has 0 aromatic heterocycles. The molecule has 0 aliphatic heterocycles. The first-order chi connectivity index (χ1) is 7.72. The maximum Gasteiger partial charge on any atom is 0.224 e. The van der Waals surface area contributed by atoms with E-state index in [0.29, 0.717) is 18.7 Å². The molecule has 4 nitrogen and oxygen atoms in total. The maximum atomic E-state index is 11.5. The third kappa shape index (κ3) is 4.79. The monoisotopic (exact) mass is 222 g/mol. The molecule has 16 heavy (non-hydrogen) atoms. The van der Waals surface area contributed by atoms with Gasteiger partial charge in [-0.05, 0) is 43.7 Å². The number of rotatable bonds is 6. The van der Waals surface area contributed by atoms with Gasteiger partial charge in [-0.3, -0.25) is 4.79 Å². The van der Waals surface area contributed by atoms with Crippen molar-refractivity contribution in [1.82, 2.24) is 0 Å². The van der Waals surface area contributed by atoms with Gasteiger partial charge >= 0.3 is 0 Å². The normalized spacial score (nSPS) is 10.1. The van der Waals surface area contributed by atoms with Crippen LogP contribution in [0.5, 0.6) is 5.75 Å². The summed E-state index contributed by atoms with van der Waals surface area (Å²) in [7, 11) is 0. The molecule has 0 fully saturated rings. The zero-order chi connectivity index (χ0) is 11.8. The standard InChI is InChI=1S/C12H18N2O2/c13-9-3-1-2-4-12(16)14-10-5-7-11(15)8-6-10/h5-8,15H,1-4,9,13H2,(H,14,16). The molecule has 0 atom stereocenters. The van der Waals surface area contributed by atoms with Crippen LogP contribution < -0.4 is 11.1 Å². The van der Waals surface area contributed by atoms with Crippen molar-refractivity contribution in [3.8, 4) is 5.75 Å². The zero-order valence-electron chi connectivity index (χ0n) is 9.28. The fraction of sp³-hybridized carbons (Fsp3) is 0.417. The fourth-order valence-corrected chi connectivity index (χ4v) is 1.37. The molecule has 0 heterocycles. The van der Waals surface area contributed by atoms with Gasteiger partial charge in [0, 0.05) is 12.1 Å². The number of benzene rings is 1. The maximum absolute atomic E-state index is 11.5. The molecule has 88 valence electrons. The second kappa shape index (κ2) is 6.85. The van der Waals surface area contributed by atoms with Crippen molar-refractivity contribution in [2.75, 3.05) is 11.9 Å². The Morgan fingerprint density at radius 2 is 1.88 bits per heavy atom. The summed E-state index contributed by atoms with van der Waals surface area (Å²) in [6.07, 6.45) is 3.33. The lowest BCUT2D eigenvalue weighted by Crippen LogP contribution is -2.11. The van der Waals surface area contributed by atoms with E-state index in [-0.39, 0.29) is 11.7 Å². The lowest BCUT2D eigenvalue weighted by Gasteiger charge is -2.04. The van der Waals surface area contributed by atoms with Gasteiger partial charge < -0.3 is 16.2 Å². The quantitative estimate of drug-likeness (QED) is 0.508. The van der Waals surface area contributed by atoms with E-state index < -0.39 is 0 Å². The van der Waals surface area contributed by atoms with Gasteiger partial charge in [0.1, 0.15) is 5.75 Å². The number of nitrogens with two attached hydrogens (primary N) is 1. The molecule has 0 aliphatic carbocycles. The first kappa shape index (κ1) is 12.5. The summed E-state index contributed by atoms with van der Waals surface area (Å²) in [6, 6.07) is 6.44. The van der Waals surface area contributed by atoms with Crippen molar-refractivity contribution in [2.45, 2.75) is 25.7 Å². The number of aromatic hydroxyl groups is 1. The van der Waals surface area contributed by atoms with Gasteiger partial charge in [-0.25, -0.2) is 0 Å². The Morgan fingerprint density at radius 3 is 2.50 bits per heavy atom. The molecule has 1 amide bonds. The van der Waals surface area contributed by atoms with E-state index in [1.807, 2.05) is 0 Å². The van der Waals surface area contributed by atoms with Crippen LogP contribution in [0.15, 0.2) is 24.3 Å². The van der Waals surface area contributed by atoms with Crippen LogP contribution >= 0.6 is 0 Å². The van der Waals surface area contributed by atoms with Crippen molar-refractivity contribution < 1.29 is 9.90 Å². The average Bonchev–Trinajstić information content (AvgIpc) is 2.28. The minimum atomic E-state index is 0.00251. The summed E-state index contributed by atoms with van der Waals surface area (Å²) in [5, 5.41) is 11.8. The van der Waals surface area contributed by atoms with Gasteiger partial charge in [-0.2, -0.15) is 0 Å². The number of unbranched alkanes of at least 4 members (excludes halogenated alkanes) is 2. The molecule has 1 rings (SSSR count). The van der Waals surface area contributed by atoms with E-state index in [1.165, 1.54) is 0 Å². The van der Waals surface area contributed by atoms with Gasteiger partial charge in [-0.1, -0.05) is 6.42 Å². The summed E-state index contributed by atoms with van der Waals surface area (Å²) < 4.78 is 0. The van der Waals surface area contributed by atoms with E-state index in [0.717, 1.165) is 19.3 Å². The van der Waals surface area contributed by atoms with Crippen LogP contribution in [0.4, 0.5) is 5.69 Å². The third-order valence-corrected chi connectivity index (χ3v) is 2.26. The van der Waals surface area contributed by atoms with Crippen LogP contribution in [0.2, 0.25) is 0 Å². The van der Waals surface area contributed by atoms with E-state index in [9.17, 15) is 4.79 Å². The Hall–Kier alpha value is -1.55. The predicted molar refractivity (Wildman–Crippen MR) is 64.3 cm³/mol. The Balaban J connectivity index is 2.26. The van der Waals surface area contributed by atoms with E-state index >= 15 is 0 Å². The predicted octanol–water partition coefficient (Wildman–Crippen LogP) is 1.85. The number of hydrogen-bond acceptors (Lipinski definition) is 3. The lowest BCUT2D eigenvalue weighted by molar-refractivity contribution is -0.116. The molecule has 4 N–H and O–H groups in total. The lowest BCUT2D eigenvalue weighted by atomic mass is 10.2. The number of nitrogens with one attached hydrogen (secondary N) is 1. The van der Waals surface area contributed by atoms with Crippen molar-refractivity contribution in [3.63, 3.8) is 0 Å². The number of phenolic OH excluding ortho intramolecular Hbond substituents is 1. The van der Waals surface area contributed by atoms with Crippen LogP contribution in [-0.2, 0) is 4.79 Å². The number of anilines is 1. The molecule has 0 saturated carbocycles. The molecule has 0 radical (unpaired) electrons. The van der Waals surface area contributed by atoms with Crippen LogP contribution in [0, 0.1) is 0 Å². The fourth-order valence-electron chi connectivity index (χ4n) is 1.37. The summed E-state index contributed by atoms with van der Waals surface area (Å²) >= 11 is 0. The third-order valence-electron chi connectivity index (χ3n) is 2.26. The highest BCUT2D eigenvalue weighted by Crippen LogP contribution is 2.14. The summed E-state index contributed by atoms with van der Waals surface area (Å²) in [4.78, 5) is 11.5. The molecule has 0 spiro atoms. The highest BCUT2D eigenvalue weighted by atomic mass is 16.3. The van der Waals surface area contributed by atoms with Crippen molar-refractivity contribution in [1.29, 1.82) is 0 Å². The van der Waals surface area contributed by atoms with Crippen LogP contribution in [0.3, 0.4) is 0 Å². The molecule has 0 saturated heterocycles. The molecular formula is C12H18N2O2. The number of hydrogen-bond donors (Lipinski definition) is 3. The topological polar surface area (TPSA) is 75.4 Å². The van der Waals surface area contributed by atoms with E-state index in [4.69, 9.17) is 10.8 Å². The Labute approximate surface area is 95.5 Å². The molecule has 0 aliphatic rings. The van der Waals surface area contributed by atoms with Gasteiger partial charge in [0.05, 0.1) is 0 Å². The highest BCUT2D eigenvalue weighted by Gasteiger charge is 2.01. The minimum absolute atomic E-state index is 0.00251. The Kier molecular flexibility index (Phi) is 5.36. The largest absolute Gasteiger partial charge is 0.508 e. The summed E-state index contributed by atoms with van der Waals surface area (Å²) in [5.74, 6) is 0.198. The smallest absolute Gasteiger partial charge is 0.224 e. The molecule has 1 aromatic carbocycles. The van der Waals surface area contributed by atoms with Crippen LogP contribution in [0.1, 0.15) is 25.7 Å². The van der Waals surface area contributed by atoms with Crippen LogP contribution in [-0.4, -0.2) is 17.6 Å². The van der Waals surface area contributed by atoms with Gasteiger partial charge in [-0.15, -0.1) is 0 Å². The van der Waals surface area contributed by atoms with E-state index in [2.05, 4.69) is 5.32 Å². The minimum Gasteiger partial charge on any atom is -0.508 e. The van der Waals surface area contributed by atoms with Gasteiger partial charge in [0.15, 0.2) is 0 Å². The van der Waals surface area contributed by atoms with Crippen molar-refractivity contribution in [3.05, 3.63) is 24.3 Å². The van der Waals surface area contributed by atoms with E-state index in [1.54, 1.807) is 24.3 Å². The molecule has 1 aromatic rings. The second-order valence-electron chi connectivity index (χ2n) is 3.69. The number of carbonyl (C=O) groups excluding carboxylic acids is 1. The molecule has 0 unspecified atom stereocenters. The zero-order valence-corrected chi connectivity index (χ0v) is 9.28. The number of phenols is 1. The SMILES string of the molecule is NCCCCCC(=O)Nc1ccc(O)cc1. The van der Waals surface area contributed by atoms with Gasteiger partial charge in [0.25, 0.3) is 0 Å². The van der Waals surface area contributed by atoms with Crippen molar-refractivity contribution >= 4 is 11.6 Å². The highest BCUT2D eigenvalue weighted by molar-refractivity contribution is 5.90.